The molecule has 0 aliphatic rings. The number of ether oxygens (including phenoxy) is 1. The fourth-order valence-corrected chi connectivity index (χ4v) is 2.76. The summed E-state index contributed by atoms with van der Waals surface area (Å²) >= 11 is 1.56. The van der Waals surface area contributed by atoms with Crippen LogP contribution in [0.2, 0.25) is 0 Å². The minimum Gasteiger partial charge on any atom is -0.487 e. The van der Waals surface area contributed by atoms with Crippen LogP contribution in [0.15, 0.2) is 52.5 Å². The Bertz CT molecular complexity index is 692. The number of thiazole rings is 1. The van der Waals surface area contributed by atoms with Crippen LogP contribution in [0.1, 0.15) is 11.3 Å². The van der Waals surface area contributed by atoms with Crippen LogP contribution in [0.5, 0.6) is 5.75 Å². The van der Waals surface area contributed by atoms with Gasteiger partial charge >= 0.3 is 0 Å². The van der Waals surface area contributed by atoms with Crippen LogP contribution in [0, 0.1) is 0 Å². The van der Waals surface area contributed by atoms with Gasteiger partial charge in [0, 0.05) is 11.9 Å². The number of nitrogens with one attached hydrogen (secondary N) is 1. The maximum absolute atomic E-state index is 5.80. The quantitative estimate of drug-likeness (QED) is 0.754. The second-order valence-corrected chi connectivity index (χ2v) is 5.45. The summed E-state index contributed by atoms with van der Waals surface area (Å²) in [6.07, 6.45) is 1.65. The third-order valence-corrected chi connectivity index (χ3v) is 3.86. The summed E-state index contributed by atoms with van der Waals surface area (Å²) in [6.45, 7) is 1.29. The Labute approximate surface area is 127 Å². The van der Waals surface area contributed by atoms with Gasteiger partial charge in [0.05, 0.1) is 12.0 Å². The zero-order valence-electron chi connectivity index (χ0n) is 11.7. The van der Waals surface area contributed by atoms with Crippen LogP contribution >= 0.6 is 11.3 Å². The number of hydrogen-bond acceptors (Lipinski definition) is 5. The summed E-state index contributed by atoms with van der Waals surface area (Å²) in [6, 6.07) is 11.8. The van der Waals surface area contributed by atoms with E-state index in [4.69, 9.17) is 9.15 Å². The summed E-state index contributed by atoms with van der Waals surface area (Å²) in [5, 5.41) is 6.00. The maximum atomic E-state index is 5.80. The monoisotopic (exact) mass is 300 g/mol. The minimum atomic E-state index is 0.459. The molecule has 4 nitrogen and oxygen atoms in total. The minimum absolute atomic E-state index is 0.459. The average molecular weight is 300 g/mol. The highest BCUT2D eigenvalue weighted by Crippen LogP contribution is 2.24. The van der Waals surface area contributed by atoms with Gasteiger partial charge in [0.2, 0.25) is 0 Å². The van der Waals surface area contributed by atoms with Crippen molar-refractivity contribution in [2.45, 2.75) is 13.2 Å². The van der Waals surface area contributed by atoms with E-state index in [1.54, 1.807) is 17.6 Å². The number of furan rings is 1. The van der Waals surface area contributed by atoms with Gasteiger partial charge in [-0.2, -0.15) is 0 Å². The Morgan fingerprint density at radius 2 is 2.24 bits per heavy atom. The van der Waals surface area contributed by atoms with Crippen molar-refractivity contribution in [3.63, 3.8) is 0 Å². The topological polar surface area (TPSA) is 47.3 Å². The van der Waals surface area contributed by atoms with E-state index in [0.29, 0.717) is 6.61 Å². The third-order valence-electron chi connectivity index (χ3n) is 2.95. The lowest BCUT2D eigenvalue weighted by molar-refractivity contribution is 0.302. The van der Waals surface area contributed by atoms with E-state index in [0.717, 1.165) is 28.8 Å². The predicted molar refractivity (Wildman–Crippen MR) is 83.4 cm³/mol. The van der Waals surface area contributed by atoms with Crippen LogP contribution in [0.25, 0.3) is 10.8 Å². The van der Waals surface area contributed by atoms with Gasteiger partial charge in [-0.3, -0.25) is 0 Å². The molecule has 5 heteroatoms. The van der Waals surface area contributed by atoms with Gasteiger partial charge in [-0.05, 0) is 36.9 Å². The fraction of sp³-hybridized carbons (Fsp3) is 0.188. The predicted octanol–water partition coefficient (Wildman–Crippen LogP) is 3.70. The highest BCUT2D eigenvalue weighted by molar-refractivity contribution is 7.13. The van der Waals surface area contributed by atoms with Gasteiger partial charge in [0.15, 0.2) is 10.8 Å². The van der Waals surface area contributed by atoms with Gasteiger partial charge in [0.1, 0.15) is 12.4 Å². The number of aromatic nitrogens is 1. The van der Waals surface area contributed by atoms with Gasteiger partial charge in [-0.25, -0.2) is 4.98 Å². The van der Waals surface area contributed by atoms with Gasteiger partial charge < -0.3 is 14.5 Å². The largest absolute Gasteiger partial charge is 0.487 e. The molecule has 0 radical (unpaired) electrons. The molecular formula is C16H16N2O2S. The molecule has 0 aliphatic heterocycles. The first kappa shape index (κ1) is 13.9. The van der Waals surface area contributed by atoms with Gasteiger partial charge in [0.25, 0.3) is 0 Å². The summed E-state index contributed by atoms with van der Waals surface area (Å²) in [5.41, 5.74) is 2.11. The molecule has 0 bridgehead atoms. The molecule has 0 aliphatic carbocycles. The molecule has 0 fully saturated rings. The zero-order chi connectivity index (χ0) is 14.5. The Hall–Kier alpha value is -2.11. The lowest BCUT2D eigenvalue weighted by Crippen LogP contribution is -2.05. The Kier molecular flexibility index (Phi) is 4.33. The van der Waals surface area contributed by atoms with E-state index in [2.05, 4.69) is 16.4 Å². The first-order valence-corrected chi connectivity index (χ1v) is 7.58. The Balaban J connectivity index is 1.64. The van der Waals surface area contributed by atoms with Crippen molar-refractivity contribution in [1.29, 1.82) is 0 Å². The molecule has 0 spiro atoms. The Morgan fingerprint density at radius 3 is 3.05 bits per heavy atom. The third kappa shape index (κ3) is 3.51. The number of benzene rings is 1. The van der Waals surface area contributed by atoms with E-state index in [1.807, 2.05) is 42.8 Å². The van der Waals surface area contributed by atoms with Crippen molar-refractivity contribution in [3.8, 4) is 16.5 Å². The highest BCUT2D eigenvalue weighted by atomic mass is 32.1. The molecule has 21 heavy (non-hydrogen) atoms. The van der Waals surface area contributed by atoms with Crippen molar-refractivity contribution >= 4 is 11.3 Å². The molecular weight excluding hydrogens is 284 g/mol. The molecule has 1 N–H and O–H groups in total. The Morgan fingerprint density at radius 1 is 1.29 bits per heavy atom. The van der Waals surface area contributed by atoms with Crippen LogP contribution in [-0.4, -0.2) is 12.0 Å². The summed E-state index contributed by atoms with van der Waals surface area (Å²) in [4.78, 5) is 4.51. The molecule has 108 valence electrons. The van der Waals surface area contributed by atoms with Gasteiger partial charge in [-0.15, -0.1) is 11.3 Å². The lowest BCUT2D eigenvalue weighted by Gasteiger charge is -2.06. The van der Waals surface area contributed by atoms with Gasteiger partial charge in [-0.1, -0.05) is 12.1 Å². The van der Waals surface area contributed by atoms with Crippen molar-refractivity contribution in [1.82, 2.24) is 10.3 Å². The first-order valence-electron chi connectivity index (χ1n) is 6.70. The van der Waals surface area contributed by atoms with E-state index in [9.17, 15) is 0 Å². The van der Waals surface area contributed by atoms with Crippen molar-refractivity contribution < 1.29 is 9.15 Å². The molecule has 0 saturated carbocycles. The second-order valence-electron chi connectivity index (χ2n) is 4.59. The van der Waals surface area contributed by atoms with Crippen molar-refractivity contribution in [2.75, 3.05) is 7.05 Å². The lowest BCUT2D eigenvalue weighted by atomic mass is 10.2. The second kappa shape index (κ2) is 6.56. The molecule has 3 rings (SSSR count). The SMILES string of the molecule is CNCc1cccc(OCc2csc(-c3ccco3)n2)c1. The summed E-state index contributed by atoms with van der Waals surface area (Å²) in [5.74, 6) is 1.65. The average Bonchev–Trinajstić information content (AvgIpc) is 3.17. The molecule has 2 aromatic heterocycles. The first-order chi connectivity index (χ1) is 10.3. The molecule has 3 aromatic rings. The van der Waals surface area contributed by atoms with Crippen molar-refractivity contribution in [2.24, 2.45) is 0 Å². The number of nitrogens with zero attached hydrogens (tertiary/aromatic N) is 1. The van der Waals surface area contributed by atoms with Crippen LogP contribution in [-0.2, 0) is 13.2 Å². The summed E-state index contributed by atoms with van der Waals surface area (Å²) < 4.78 is 11.1. The molecule has 0 amide bonds. The molecule has 2 heterocycles. The van der Waals surface area contributed by atoms with E-state index >= 15 is 0 Å². The molecule has 0 unspecified atom stereocenters. The van der Waals surface area contributed by atoms with Crippen LogP contribution in [0.4, 0.5) is 0 Å². The zero-order valence-corrected chi connectivity index (χ0v) is 12.5. The fourth-order valence-electron chi connectivity index (χ4n) is 1.99. The normalized spacial score (nSPS) is 10.7. The smallest absolute Gasteiger partial charge is 0.162 e. The number of rotatable bonds is 6. The molecule has 0 saturated heterocycles. The van der Waals surface area contributed by atoms with E-state index < -0.39 is 0 Å². The van der Waals surface area contributed by atoms with Crippen LogP contribution < -0.4 is 10.1 Å². The maximum Gasteiger partial charge on any atom is 0.162 e. The number of hydrogen-bond donors (Lipinski definition) is 1. The van der Waals surface area contributed by atoms with Crippen LogP contribution in [0.3, 0.4) is 0 Å². The van der Waals surface area contributed by atoms with E-state index in [-0.39, 0.29) is 0 Å². The van der Waals surface area contributed by atoms with Crippen molar-refractivity contribution in [3.05, 3.63) is 59.3 Å². The molecule has 1 aromatic carbocycles. The highest BCUT2D eigenvalue weighted by Gasteiger charge is 2.07. The summed E-state index contributed by atoms with van der Waals surface area (Å²) in [7, 11) is 1.93. The molecule has 0 atom stereocenters. The van der Waals surface area contributed by atoms with E-state index in [1.165, 1.54) is 5.56 Å². The standard InChI is InChI=1S/C16H16N2O2S/c1-17-9-12-4-2-5-14(8-12)20-10-13-11-21-16(18-13)15-6-3-7-19-15/h2-8,11,17H,9-10H2,1H3.